The lowest BCUT2D eigenvalue weighted by atomic mass is 9.96. The molecular formula is C30H21BrFN3O4. The van der Waals surface area contributed by atoms with Crippen LogP contribution in [0.25, 0.3) is 21.9 Å². The number of hydrazine groups is 1. The average molecular weight is 586 g/mol. The highest BCUT2D eigenvalue weighted by Gasteiger charge is 2.23. The minimum Gasteiger partial charge on any atom is -0.477 e. The summed E-state index contributed by atoms with van der Waals surface area (Å²) in [6.45, 7) is -0.0119. The number of carboxylic acids is 1. The molecule has 0 saturated carbocycles. The van der Waals surface area contributed by atoms with Gasteiger partial charge in [0, 0.05) is 21.0 Å². The summed E-state index contributed by atoms with van der Waals surface area (Å²) in [4.78, 5) is 38.7. The third-order valence-electron chi connectivity index (χ3n) is 6.22. The Balaban J connectivity index is 1.50. The molecule has 3 N–H and O–H groups in total. The SMILES string of the molecule is O=C(NNc1ccc(F)cc1)c1ccc(Cn2c(C(=O)O)c(-c3ccccc3)c3cc(Br)ccc3c2=O)cc1. The quantitative estimate of drug-likeness (QED) is 0.201. The Kier molecular flexibility index (Phi) is 7.25. The first-order valence-electron chi connectivity index (χ1n) is 11.9. The summed E-state index contributed by atoms with van der Waals surface area (Å²) in [6.07, 6.45) is 0. The monoisotopic (exact) mass is 585 g/mol. The predicted octanol–water partition coefficient (Wildman–Crippen LogP) is 6.07. The second-order valence-electron chi connectivity index (χ2n) is 8.76. The first-order valence-corrected chi connectivity index (χ1v) is 12.7. The molecule has 194 valence electrons. The normalized spacial score (nSPS) is 10.8. The molecule has 0 atom stereocenters. The van der Waals surface area contributed by atoms with Gasteiger partial charge in [-0.25, -0.2) is 9.18 Å². The van der Waals surface area contributed by atoms with E-state index in [-0.39, 0.29) is 18.1 Å². The van der Waals surface area contributed by atoms with Crippen molar-refractivity contribution < 1.29 is 19.1 Å². The van der Waals surface area contributed by atoms with E-state index < -0.39 is 17.4 Å². The zero-order chi connectivity index (χ0) is 27.5. The molecule has 0 saturated heterocycles. The third-order valence-corrected chi connectivity index (χ3v) is 6.71. The Morgan fingerprint density at radius 3 is 2.23 bits per heavy atom. The van der Waals surface area contributed by atoms with Crippen LogP contribution in [0.15, 0.2) is 106 Å². The number of carboxylic acid groups (broad SMARTS) is 1. The molecule has 0 bridgehead atoms. The largest absolute Gasteiger partial charge is 0.477 e. The van der Waals surface area contributed by atoms with Crippen molar-refractivity contribution in [3.05, 3.63) is 135 Å². The summed E-state index contributed by atoms with van der Waals surface area (Å²) in [7, 11) is 0. The predicted molar refractivity (Wildman–Crippen MR) is 151 cm³/mol. The van der Waals surface area contributed by atoms with Crippen molar-refractivity contribution in [3.8, 4) is 11.1 Å². The smallest absolute Gasteiger partial charge is 0.353 e. The fourth-order valence-electron chi connectivity index (χ4n) is 4.37. The molecule has 1 aromatic heterocycles. The lowest BCUT2D eigenvalue weighted by Crippen LogP contribution is -2.29. The summed E-state index contributed by atoms with van der Waals surface area (Å²) in [5.74, 6) is -2.03. The summed E-state index contributed by atoms with van der Waals surface area (Å²) < 4.78 is 15.1. The number of fused-ring (bicyclic) bond motifs is 1. The third kappa shape index (κ3) is 5.44. The fourth-order valence-corrected chi connectivity index (χ4v) is 4.73. The summed E-state index contributed by atoms with van der Waals surface area (Å²) in [6, 6.07) is 26.3. The molecule has 0 spiro atoms. The van der Waals surface area contributed by atoms with E-state index in [1.165, 1.54) is 28.8 Å². The first kappa shape index (κ1) is 25.9. The van der Waals surface area contributed by atoms with E-state index in [2.05, 4.69) is 26.8 Å². The highest BCUT2D eigenvalue weighted by atomic mass is 79.9. The van der Waals surface area contributed by atoms with Crippen molar-refractivity contribution >= 4 is 44.3 Å². The number of amides is 1. The number of anilines is 1. The molecular weight excluding hydrogens is 565 g/mol. The Morgan fingerprint density at radius 2 is 1.56 bits per heavy atom. The number of hydrogen-bond donors (Lipinski definition) is 3. The zero-order valence-corrected chi connectivity index (χ0v) is 21.9. The van der Waals surface area contributed by atoms with E-state index in [1.807, 2.05) is 30.3 Å². The molecule has 0 aliphatic carbocycles. The van der Waals surface area contributed by atoms with Crippen LogP contribution < -0.4 is 16.4 Å². The molecule has 0 unspecified atom stereocenters. The van der Waals surface area contributed by atoms with Crippen molar-refractivity contribution in [2.24, 2.45) is 0 Å². The molecule has 1 amide bonds. The first-order chi connectivity index (χ1) is 18.8. The van der Waals surface area contributed by atoms with E-state index >= 15 is 0 Å². The maximum Gasteiger partial charge on any atom is 0.353 e. The molecule has 0 fully saturated rings. The standard InChI is InChI=1S/C30H21BrFN3O4/c31-21-10-15-24-25(16-21)26(19-4-2-1-3-5-19)27(30(38)39)35(29(24)37)17-18-6-8-20(9-7-18)28(36)34-33-23-13-11-22(32)12-14-23/h1-16,33H,17H2,(H,34,36)(H,38,39). The van der Waals surface area contributed by atoms with Crippen LogP contribution >= 0.6 is 15.9 Å². The Hall–Kier alpha value is -4.76. The van der Waals surface area contributed by atoms with Gasteiger partial charge in [-0.2, -0.15) is 0 Å². The van der Waals surface area contributed by atoms with Crippen molar-refractivity contribution in [3.63, 3.8) is 0 Å². The molecule has 1 heterocycles. The Labute approximate surface area is 230 Å². The number of carbonyl (C=O) groups is 2. The van der Waals surface area contributed by atoms with Gasteiger partial charge in [0.25, 0.3) is 11.5 Å². The lowest BCUT2D eigenvalue weighted by molar-refractivity contribution is 0.0685. The molecule has 0 aliphatic rings. The van der Waals surface area contributed by atoms with E-state index in [0.717, 1.165) is 4.47 Å². The van der Waals surface area contributed by atoms with Crippen molar-refractivity contribution in [1.82, 2.24) is 9.99 Å². The summed E-state index contributed by atoms with van der Waals surface area (Å²) >= 11 is 3.43. The molecule has 0 aliphatic heterocycles. The maximum atomic E-state index is 13.6. The Morgan fingerprint density at radius 1 is 0.872 bits per heavy atom. The molecule has 0 radical (unpaired) electrons. The summed E-state index contributed by atoms with van der Waals surface area (Å²) in [5, 5.41) is 11.2. The van der Waals surface area contributed by atoms with Crippen LogP contribution in [0.4, 0.5) is 10.1 Å². The van der Waals surface area contributed by atoms with E-state index in [1.54, 1.807) is 42.5 Å². The topological polar surface area (TPSA) is 100 Å². The molecule has 5 aromatic rings. The highest BCUT2D eigenvalue weighted by Crippen LogP contribution is 2.32. The van der Waals surface area contributed by atoms with Crippen LogP contribution in [0.1, 0.15) is 26.4 Å². The van der Waals surface area contributed by atoms with Crippen LogP contribution in [0.5, 0.6) is 0 Å². The lowest BCUT2D eigenvalue weighted by Gasteiger charge is -2.18. The van der Waals surface area contributed by atoms with Gasteiger partial charge in [-0.3, -0.25) is 25.0 Å². The van der Waals surface area contributed by atoms with Gasteiger partial charge < -0.3 is 5.11 Å². The van der Waals surface area contributed by atoms with Crippen LogP contribution in [0.2, 0.25) is 0 Å². The van der Waals surface area contributed by atoms with Gasteiger partial charge >= 0.3 is 5.97 Å². The summed E-state index contributed by atoms with van der Waals surface area (Å²) in [5.41, 5.74) is 7.31. The average Bonchev–Trinajstić information content (AvgIpc) is 2.94. The fraction of sp³-hybridized carbons (Fsp3) is 0.0333. The number of rotatable bonds is 7. The van der Waals surface area contributed by atoms with Crippen molar-refractivity contribution in [2.45, 2.75) is 6.54 Å². The number of nitrogens with zero attached hydrogens (tertiary/aromatic N) is 1. The van der Waals surface area contributed by atoms with Crippen molar-refractivity contribution in [2.75, 3.05) is 5.43 Å². The van der Waals surface area contributed by atoms with E-state index in [9.17, 15) is 23.9 Å². The second kappa shape index (κ2) is 10.9. The van der Waals surface area contributed by atoms with Crippen LogP contribution in [0.3, 0.4) is 0 Å². The number of aromatic carboxylic acids is 1. The van der Waals surface area contributed by atoms with Crippen LogP contribution in [0, 0.1) is 5.82 Å². The van der Waals surface area contributed by atoms with Gasteiger partial charge in [-0.15, -0.1) is 0 Å². The van der Waals surface area contributed by atoms with Crippen LogP contribution in [-0.4, -0.2) is 21.6 Å². The molecule has 39 heavy (non-hydrogen) atoms. The van der Waals surface area contributed by atoms with Gasteiger partial charge in [0.05, 0.1) is 12.2 Å². The maximum absolute atomic E-state index is 13.6. The Bertz CT molecular complexity index is 1750. The molecule has 7 nitrogen and oxygen atoms in total. The zero-order valence-electron chi connectivity index (χ0n) is 20.3. The highest BCUT2D eigenvalue weighted by molar-refractivity contribution is 9.10. The van der Waals surface area contributed by atoms with E-state index in [4.69, 9.17) is 0 Å². The van der Waals surface area contributed by atoms with Gasteiger partial charge in [0.1, 0.15) is 11.5 Å². The molecule has 4 aromatic carbocycles. The number of halogens is 2. The van der Waals surface area contributed by atoms with Gasteiger partial charge in [-0.05, 0) is 71.1 Å². The number of aromatic nitrogens is 1. The van der Waals surface area contributed by atoms with Gasteiger partial charge in [0.2, 0.25) is 0 Å². The number of carbonyl (C=O) groups excluding carboxylic acids is 1. The van der Waals surface area contributed by atoms with Gasteiger partial charge in [0.15, 0.2) is 0 Å². The minimum atomic E-state index is -1.23. The second-order valence-corrected chi connectivity index (χ2v) is 9.67. The van der Waals surface area contributed by atoms with Crippen molar-refractivity contribution in [1.29, 1.82) is 0 Å². The number of nitrogens with one attached hydrogen (secondary N) is 2. The molecule has 9 heteroatoms. The number of pyridine rings is 1. The minimum absolute atomic E-state index is 0.0119. The number of hydrogen-bond acceptors (Lipinski definition) is 4. The van der Waals surface area contributed by atoms with Gasteiger partial charge in [-0.1, -0.05) is 58.4 Å². The van der Waals surface area contributed by atoms with E-state index in [0.29, 0.717) is 38.7 Å². The van der Waals surface area contributed by atoms with Crippen LogP contribution in [-0.2, 0) is 6.54 Å². The molecule has 5 rings (SSSR count). The number of benzene rings is 4.